The molecule has 1 saturated carbocycles. The first-order valence-corrected chi connectivity index (χ1v) is 6.10. The summed E-state index contributed by atoms with van der Waals surface area (Å²) >= 11 is 1.61. The predicted molar refractivity (Wildman–Crippen MR) is 60.1 cm³/mol. The van der Waals surface area contributed by atoms with E-state index in [1.807, 2.05) is 0 Å². The van der Waals surface area contributed by atoms with Crippen LogP contribution in [-0.2, 0) is 0 Å². The molecule has 1 unspecified atom stereocenters. The molecule has 0 bridgehead atoms. The molecule has 5 nitrogen and oxygen atoms in total. The molecule has 1 aliphatic rings. The van der Waals surface area contributed by atoms with Gasteiger partial charge in [0.05, 0.1) is 12.7 Å². The lowest BCUT2D eigenvalue weighted by molar-refractivity contribution is 0.113. The summed E-state index contributed by atoms with van der Waals surface area (Å²) in [5, 5.41) is 29.2. The average molecular weight is 234 g/mol. The molecule has 15 heavy (non-hydrogen) atoms. The minimum absolute atomic E-state index is 0.163. The smallest absolute Gasteiger partial charge is 0.139 e. The van der Waals surface area contributed by atoms with Crippen molar-refractivity contribution in [2.24, 2.45) is 16.3 Å². The van der Waals surface area contributed by atoms with Crippen LogP contribution in [0.3, 0.4) is 0 Å². The van der Waals surface area contributed by atoms with Crippen LogP contribution in [0.25, 0.3) is 0 Å². The zero-order valence-corrected chi connectivity index (χ0v) is 9.41. The first kappa shape index (κ1) is 12.6. The monoisotopic (exact) mass is 234 g/mol. The van der Waals surface area contributed by atoms with E-state index in [-0.39, 0.29) is 17.9 Å². The minimum atomic E-state index is -0.644. The third-order valence-electron chi connectivity index (χ3n) is 2.57. The molecule has 0 amide bonds. The van der Waals surface area contributed by atoms with Crippen molar-refractivity contribution < 1.29 is 15.4 Å². The van der Waals surface area contributed by atoms with Gasteiger partial charge in [0, 0.05) is 12.2 Å². The van der Waals surface area contributed by atoms with Gasteiger partial charge in [-0.1, -0.05) is 5.16 Å². The number of nitrogens with zero attached hydrogens (tertiary/aromatic N) is 1. The first-order chi connectivity index (χ1) is 7.12. The van der Waals surface area contributed by atoms with Gasteiger partial charge in [-0.3, -0.25) is 0 Å². The quantitative estimate of drug-likeness (QED) is 0.215. The Kier molecular flexibility index (Phi) is 4.69. The third kappa shape index (κ3) is 4.27. The van der Waals surface area contributed by atoms with Crippen LogP contribution in [-0.4, -0.2) is 45.5 Å². The van der Waals surface area contributed by atoms with Crippen molar-refractivity contribution in [1.29, 1.82) is 0 Å². The molecule has 0 heterocycles. The highest BCUT2D eigenvalue weighted by Crippen LogP contribution is 2.50. The van der Waals surface area contributed by atoms with Crippen LogP contribution in [0.2, 0.25) is 0 Å². The Hall–Kier alpha value is -0.460. The lowest BCUT2D eigenvalue weighted by atomic mass is 10.1. The third-order valence-corrected chi connectivity index (χ3v) is 4.01. The van der Waals surface area contributed by atoms with Crippen molar-refractivity contribution in [2.75, 3.05) is 18.1 Å². The van der Waals surface area contributed by atoms with Crippen molar-refractivity contribution in [2.45, 2.75) is 25.4 Å². The average Bonchev–Trinajstić information content (AvgIpc) is 2.97. The maximum absolute atomic E-state index is 9.14. The summed E-state index contributed by atoms with van der Waals surface area (Å²) in [5.74, 6) is 1.70. The first-order valence-electron chi connectivity index (χ1n) is 4.95. The van der Waals surface area contributed by atoms with Crippen molar-refractivity contribution in [1.82, 2.24) is 0 Å². The van der Waals surface area contributed by atoms with Gasteiger partial charge >= 0.3 is 0 Å². The summed E-state index contributed by atoms with van der Waals surface area (Å²) in [4.78, 5) is 0. The molecule has 0 aromatic carbocycles. The Labute approximate surface area is 93.3 Å². The summed E-state index contributed by atoms with van der Waals surface area (Å²) in [7, 11) is 0. The molecular weight excluding hydrogens is 216 g/mol. The van der Waals surface area contributed by atoms with E-state index >= 15 is 0 Å². The second-order valence-electron chi connectivity index (χ2n) is 4.12. The zero-order chi connectivity index (χ0) is 11.3. The van der Waals surface area contributed by atoms with Gasteiger partial charge in [0.2, 0.25) is 0 Å². The number of rotatable bonds is 7. The lowest BCUT2D eigenvalue weighted by Gasteiger charge is -2.14. The van der Waals surface area contributed by atoms with Gasteiger partial charge in [-0.25, -0.2) is 0 Å². The predicted octanol–water partition coefficient (Wildman–Crippen LogP) is -0.0105. The van der Waals surface area contributed by atoms with Crippen LogP contribution in [0.1, 0.15) is 19.3 Å². The standard InChI is InChI=1S/C9H18N2O3S/c10-8(11-14)3-9(1-2-9)6-15-5-7(13)4-12/h7,12-14H,1-6H2,(H2,10,11). The maximum Gasteiger partial charge on any atom is 0.139 e. The van der Waals surface area contributed by atoms with Gasteiger partial charge in [0.25, 0.3) is 0 Å². The zero-order valence-electron chi connectivity index (χ0n) is 8.59. The van der Waals surface area contributed by atoms with Gasteiger partial charge in [-0.05, 0) is 24.0 Å². The highest BCUT2D eigenvalue weighted by Gasteiger charge is 2.43. The Morgan fingerprint density at radius 2 is 2.20 bits per heavy atom. The van der Waals surface area contributed by atoms with E-state index < -0.39 is 6.10 Å². The van der Waals surface area contributed by atoms with Crippen molar-refractivity contribution in [3.05, 3.63) is 0 Å². The number of hydrogen-bond donors (Lipinski definition) is 4. The van der Waals surface area contributed by atoms with Crippen LogP contribution in [0.15, 0.2) is 5.16 Å². The SMILES string of the molecule is NC(CC1(CSCC(O)CO)CC1)=NO. The number of oxime groups is 1. The summed E-state index contributed by atoms with van der Waals surface area (Å²) in [6.45, 7) is -0.194. The Morgan fingerprint density at radius 3 is 2.67 bits per heavy atom. The summed E-state index contributed by atoms with van der Waals surface area (Å²) in [6, 6.07) is 0. The summed E-state index contributed by atoms with van der Waals surface area (Å²) in [6.07, 6.45) is 2.15. The molecule has 0 aromatic heterocycles. The fraction of sp³-hybridized carbons (Fsp3) is 0.889. The molecule has 0 radical (unpaired) electrons. The van der Waals surface area contributed by atoms with Crippen LogP contribution in [0, 0.1) is 5.41 Å². The fourth-order valence-electron chi connectivity index (χ4n) is 1.43. The Morgan fingerprint density at radius 1 is 1.53 bits per heavy atom. The number of aliphatic hydroxyl groups is 2. The van der Waals surface area contributed by atoms with Crippen molar-refractivity contribution in [3.63, 3.8) is 0 Å². The van der Waals surface area contributed by atoms with E-state index in [2.05, 4.69) is 5.16 Å². The molecule has 0 saturated heterocycles. The van der Waals surface area contributed by atoms with E-state index in [1.165, 1.54) is 0 Å². The minimum Gasteiger partial charge on any atom is -0.409 e. The second kappa shape index (κ2) is 5.58. The van der Waals surface area contributed by atoms with Gasteiger partial charge in [0.15, 0.2) is 0 Å². The summed E-state index contributed by atoms with van der Waals surface area (Å²) in [5.41, 5.74) is 5.62. The van der Waals surface area contributed by atoms with Crippen LogP contribution < -0.4 is 5.73 Å². The molecule has 5 N–H and O–H groups in total. The summed E-state index contributed by atoms with van der Waals surface area (Å²) < 4.78 is 0. The van der Waals surface area contributed by atoms with Crippen molar-refractivity contribution >= 4 is 17.6 Å². The van der Waals surface area contributed by atoms with Gasteiger partial charge in [-0.2, -0.15) is 11.8 Å². The van der Waals surface area contributed by atoms with Gasteiger partial charge in [-0.15, -0.1) is 0 Å². The van der Waals surface area contributed by atoms with Crippen LogP contribution in [0.4, 0.5) is 0 Å². The molecule has 6 heteroatoms. The number of aliphatic hydroxyl groups excluding tert-OH is 2. The van der Waals surface area contributed by atoms with E-state index in [0.717, 1.165) is 18.6 Å². The van der Waals surface area contributed by atoms with Gasteiger partial charge in [0.1, 0.15) is 5.84 Å². The number of thioether (sulfide) groups is 1. The molecule has 1 aliphatic carbocycles. The largest absolute Gasteiger partial charge is 0.409 e. The van der Waals surface area contributed by atoms with E-state index in [1.54, 1.807) is 11.8 Å². The Bertz CT molecular complexity index is 231. The molecule has 0 aromatic rings. The van der Waals surface area contributed by atoms with Crippen LogP contribution >= 0.6 is 11.8 Å². The highest BCUT2D eigenvalue weighted by atomic mass is 32.2. The van der Waals surface area contributed by atoms with Crippen LogP contribution in [0.5, 0.6) is 0 Å². The van der Waals surface area contributed by atoms with E-state index in [4.69, 9.17) is 21.2 Å². The number of nitrogens with two attached hydrogens (primary N) is 1. The number of hydrogen-bond acceptors (Lipinski definition) is 5. The van der Waals surface area contributed by atoms with Gasteiger partial charge < -0.3 is 21.2 Å². The van der Waals surface area contributed by atoms with E-state index in [9.17, 15) is 0 Å². The van der Waals surface area contributed by atoms with Crippen molar-refractivity contribution in [3.8, 4) is 0 Å². The topological polar surface area (TPSA) is 99.1 Å². The molecule has 88 valence electrons. The number of amidine groups is 1. The molecule has 0 spiro atoms. The maximum atomic E-state index is 9.14. The molecule has 1 atom stereocenters. The van der Waals surface area contributed by atoms with E-state index in [0.29, 0.717) is 12.2 Å². The molecule has 0 aliphatic heterocycles. The second-order valence-corrected chi connectivity index (χ2v) is 5.15. The highest BCUT2D eigenvalue weighted by molar-refractivity contribution is 7.99. The lowest BCUT2D eigenvalue weighted by Crippen LogP contribution is -2.21. The Balaban J connectivity index is 2.20. The molecule has 1 rings (SSSR count). The fourth-order valence-corrected chi connectivity index (χ4v) is 2.75. The normalized spacial score (nSPS) is 21.3. The molecule has 1 fully saturated rings. The molecular formula is C9H18N2O3S.